The second kappa shape index (κ2) is 7.78. The fraction of sp³-hybridized carbons (Fsp3) is 0.545. The molecule has 6 nitrogen and oxygen atoms in total. The van der Waals surface area contributed by atoms with E-state index in [1.807, 2.05) is 5.38 Å². The number of ether oxygens (including phenoxy) is 1. The molecule has 7 heteroatoms. The average Bonchev–Trinajstić information content (AvgIpc) is 2.76. The molecular formula is C11H17N3O3S. The first kappa shape index (κ1) is 14.6. The van der Waals surface area contributed by atoms with E-state index in [4.69, 9.17) is 5.73 Å². The molecule has 1 heterocycles. The van der Waals surface area contributed by atoms with Crippen LogP contribution < -0.4 is 11.1 Å². The van der Waals surface area contributed by atoms with Crippen molar-refractivity contribution in [3.8, 4) is 0 Å². The monoisotopic (exact) mass is 271 g/mol. The van der Waals surface area contributed by atoms with Crippen molar-refractivity contribution in [2.75, 3.05) is 20.2 Å². The zero-order chi connectivity index (χ0) is 13.4. The highest BCUT2D eigenvalue weighted by molar-refractivity contribution is 7.09. The fourth-order valence-corrected chi connectivity index (χ4v) is 2.12. The first-order chi connectivity index (χ1) is 8.65. The molecular weight excluding hydrogens is 254 g/mol. The fourth-order valence-electron chi connectivity index (χ4n) is 1.30. The number of thiazole rings is 1. The van der Waals surface area contributed by atoms with Gasteiger partial charge in [-0.05, 0) is 6.54 Å². The standard InChI is InChI=1S/C11H17N3O3S/c1-17-11(16)3-5-13-9(15)6-8-7-18-10(14-8)2-4-12/h7H,2-6,12H2,1H3,(H,13,15). The summed E-state index contributed by atoms with van der Waals surface area (Å²) < 4.78 is 4.47. The van der Waals surface area contributed by atoms with Gasteiger partial charge < -0.3 is 15.8 Å². The minimum atomic E-state index is -0.339. The lowest BCUT2D eigenvalue weighted by Gasteiger charge is -2.02. The van der Waals surface area contributed by atoms with Crippen LogP contribution in [-0.4, -0.2) is 37.1 Å². The number of nitrogens with two attached hydrogens (primary N) is 1. The summed E-state index contributed by atoms with van der Waals surface area (Å²) in [5, 5.41) is 5.43. The number of hydrogen-bond donors (Lipinski definition) is 2. The summed E-state index contributed by atoms with van der Waals surface area (Å²) in [6, 6.07) is 0. The van der Waals surface area contributed by atoms with Gasteiger partial charge in [-0.1, -0.05) is 0 Å². The van der Waals surface area contributed by atoms with E-state index in [1.165, 1.54) is 18.4 Å². The van der Waals surface area contributed by atoms with E-state index in [0.29, 0.717) is 6.54 Å². The van der Waals surface area contributed by atoms with Crippen LogP contribution in [0.1, 0.15) is 17.1 Å². The van der Waals surface area contributed by atoms with E-state index < -0.39 is 0 Å². The Morgan fingerprint density at radius 1 is 1.56 bits per heavy atom. The number of amides is 1. The van der Waals surface area contributed by atoms with Crippen LogP contribution in [0.2, 0.25) is 0 Å². The van der Waals surface area contributed by atoms with Gasteiger partial charge in [-0.25, -0.2) is 4.98 Å². The maximum absolute atomic E-state index is 11.5. The van der Waals surface area contributed by atoms with Gasteiger partial charge in [0, 0.05) is 18.3 Å². The van der Waals surface area contributed by atoms with Crippen molar-refractivity contribution < 1.29 is 14.3 Å². The van der Waals surface area contributed by atoms with E-state index in [0.717, 1.165) is 17.1 Å². The van der Waals surface area contributed by atoms with Crippen molar-refractivity contribution >= 4 is 23.2 Å². The summed E-state index contributed by atoms with van der Waals surface area (Å²) >= 11 is 1.50. The molecule has 0 fully saturated rings. The van der Waals surface area contributed by atoms with Gasteiger partial charge in [-0.2, -0.15) is 0 Å². The van der Waals surface area contributed by atoms with E-state index in [9.17, 15) is 9.59 Å². The summed E-state index contributed by atoms with van der Waals surface area (Å²) in [5.74, 6) is -0.488. The predicted octanol–water partition coefficient (Wildman–Crippen LogP) is -0.134. The van der Waals surface area contributed by atoms with Gasteiger partial charge >= 0.3 is 5.97 Å². The maximum Gasteiger partial charge on any atom is 0.307 e. The smallest absolute Gasteiger partial charge is 0.307 e. The second-order valence-corrected chi connectivity index (χ2v) is 4.57. The Kier molecular flexibility index (Phi) is 6.31. The molecule has 0 spiro atoms. The Morgan fingerprint density at radius 3 is 3.00 bits per heavy atom. The third-order valence-electron chi connectivity index (χ3n) is 2.18. The molecule has 3 N–H and O–H groups in total. The highest BCUT2D eigenvalue weighted by Crippen LogP contribution is 2.10. The highest BCUT2D eigenvalue weighted by Gasteiger charge is 2.08. The number of rotatable bonds is 7. The topological polar surface area (TPSA) is 94.3 Å². The van der Waals surface area contributed by atoms with Crippen molar-refractivity contribution in [3.05, 3.63) is 16.1 Å². The molecule has 1 aromatic rings. The highest BCUT2D eigenvalue weighted by atomic mass is 32.1. The first-order valence-electron chi connectivity index (χ1n) is 5.62. The Hall–Kier alpha value is -1.47. The molecule has 1 aromatic heterocycles. The van der Waals surface area contributed by atoms with Crippen molar-refractivity contribution in [2.24, 2.45) is 5.73 Å². The van der Waals surface area contributed by atoms with E-state index in [-0.39, 0.29) is 31.3 Å². The largest absolute Gasteiger partial charge is 0.469 e. The zero-order valence-electron chi connectivity index (χ0n) is 10.3. The van der Waals surface area contributed by atoms with Crippen molar-refractivity contribution in [1.29, 1.82) is 0 Å². The lowest BCUT2D eigenvalue weighted by molar-refractivity contribution is -0.140. The molecule has 0 bridgehead atoms. The number of carbonyl (C=O) groups is 2. The number of hydrogen-bond acceptors (Lipinski definition) is 6. The molecule has 18 heavy (non-hydrogen) atoms. The number of carbonyl (C=O) groups excluding carboxylic acids is 2. The SMILES string of the molecule is COC(=O)CCNC(=O)Cc1csc(CCN)n1. The predicted molar refractivity (Wildman–Crippen MR) is 68.2 cm³/mol. The lowest BCUT2D eigenvalue weighted by atomic mass is 10.3. The van der Waals surface area contributed by atoms with Gasteiger partial charge in [-0.15, -0.1) is 11.3 Å². The molecule has 0 aliphatic carbocycles. The maximum atomic E-state index is 11.5. The summed E-state index contributed by atoms with van der Waals surface area (Å²) in [6.07, 6.45) is 1.13. The van der Waals surface area contributed by atoms with Gasteiger partial charge in [0.2, 0.25) is 5.91 Å². The van der Waals surface area contributed by atoms with Gasteiger partial charge in [0.1, 0.15) is 0 Å². The number of nitrogens with zero attached hydrogens (tertiary/aromatic N) is 1. The number of methoxy groups -OCH3 is 1. The average molecular weight is 271 g/mol. The molecule has 0 atom stereocenters. The molecule has 0 saturated carbocycles. The lowest BCUT2D eigenvalue weighted by Crippen LogP contribution is -2.27. The van der Waals surface area contributed by atoms with Crippen LogP contribution >= 0.6 is 11.3 Å². The molecule has 1 rings (SSSR count). The van der Waals surface area contributed by atoms with Crippen LogP contribution in [0.25, 0.3) is 0 Å². The summed E-state index contributed by atoms with van der Waals surface area (Å²) in [5.41, 5.74) is 6.16. The molecule has 0 unspecified atom stereocenters. The first-order valence-corrected chi connectivity index (χ1v) is 6.50. The third kappa shape index (κ3) is 5.24. The van der Waals surface area contributed by atoms with Crippen molar-refractivity contribution in [1.82, 2.24) is 10.3 Å². The Balaban J connectivity index is 2.28. The van der Waals surface area contributed by atoms with Gasteiger partial charge in [-0.3, -0.25) is 9.59 Å². The van der Waals surface area contributed by atoms with Crippen LogP contribution in [0.3, 0.4) is 0 Å². The molecule has 0 aliphatic rings. The molecule has 1 amide bonds. The summed E-state index contributed by atoms with van der Waals surface area (Å²) in [4.78, 5) is 26.6. The molecule has 100 valence electrons. The van der Waals surface area contributed by atoms with Crippen LogP contribution in [0, 0.1) is 0 Å². The van der Waals surface area contributed by atoms with Gasteiger partial charge in [0.25, 0.3) is 0 Å². The number of aromatic nitrogens is 1. The number of esters is 1. The van der Waals surface area contributed by atoms with Crippen LogP contribution in [0.4, 0.5) is 0 Å². The quantitative estimate of drug-likeness (QED) is 0.673. The normalized spacial score (nSPS) is 10.1. The second-order valence-electron chi connectivity index (χ2n) is 3.62. The molecule has 0 aromatic carbocycles. The molecule has 0 saturated heterocycles. The Morgan fingerprint density at radius 2 is 2.33 bits per heavy atom. The van der Waals surface area contributed by atoms with Crippen LogP contribution in [-0.2, 0) is 27.2 Å². The molecule has 0 radical (unpaired) electrons. The third-order valence-corrected chi connectivity index (χ3v) is 3.14. The minimum Gasteiger partial charge on any atom is -0.469 e. The van der Waals surface area contributed by atoms with Crippen molar-refractivity contribution in [2.45, 2.75) is 19.3 Å². The zero-order valence-corrected chi connectivity index (χ0v) is 11.1. The van der Waals surface area contributed by atoms with Crippen LogP contribution in [0.5, 0.6) is 0 Å². The molecule has 0 aliphatic heterocycles. The van der Waals surface area contributed by atoms with E-state index in [1.54, 1.807) is 0 Å². The van der Waals surface area contributed by atoms with E-state index in [2.05, 4.69) is 15.0 Å². The number of nitrogens with one attached hydrogen (secondary N) is 1. The van der Waals surface area contributed by atoms with Gasteiger partial charge in [0.15, 0.2) is 0 Å². The summed E-state index contributed by atoms with van der Waals surface area (Å²) in [6.45, 7) is 0.837. The Bertz CT molecular complexity index is 406. The van der Waals surface area contributed by atoms with E-state index >= 15 is 0 Å². The van der Waals surface area contributed by atoms with Gasteiger partial charge in [0.05, 0.1) is 30.7 Å². The van der Waals surface area contributed by atoms with Crippen molar-refractivity contribution in [3.63, 3.8) is 0 Å². The minimum absolute atomic E-state index is 0.150. The van der Waals surface area contributed by atoms with Crippen LogP contribution in [0.15, 0.2) is 5.38 Å². The summed E-state index contributed by atoms with van der Waals surface area (Å²) in [7, 11) is 1.32. The Labute approximate surface area is 110 Å².